The van der Waals surface area contributed by atoms with Crippen LogP contribution in [-0.2, 0) is 19.6 Å². The van der Waals surface area contributed by atoms with E-state index in [4.69, 9.17) is 4.74 Å². The van der Waals surface area contributed by atoms with Crippen LogP contribution < -0.4 is 14.9 Å². The molecule has 0 bridgehead atoms. The Bertz CT molecular complexity index is 1010. The number of nitrogens with one attached hydrogen (secondary N) is 2. The summed E-state index contributed by atoms with van der Waals surface area (Å²) in [4.78, 5) is 25.6. The van der Waals surface area contributed by atoms with Gasteiger partial charge in [0.05, 0.1) is 29.8 Å². The van der Waals surface area contributed by atoms with Gasteiger partial charge in [-0.15, -0.1) is 0 Å². The molecule has 0 aliphatic heterocycles. The second-order valence-corrected chi connectivity index (χ2v) is 8.96. The van der Waals surface area contributed by atoms with E-state index < -0.39 is 22.0 Å². The van der Waals surface area contributed by atoms with Gasteiger partial charge in [0, 0.05) is 13.7 Å². The van der Waals surface area contributed by atoms with Crippen LogP contribution in [0.3, 0.4) is 0 Å². The van der Waals surface area contributed by atoms with E-state index in [1.165, 1.54) is 7.11 Å². The lowest BCUT2D eigenvalue weighted by Gasteiger charge is -2.30. The van der Waals surface area contributed by atoms with Crippen molar-refractivity contribution in [1.82, 2.24) is 5.32 Å². The van der Waals surface area contributed by atoms with Crippen molar-refractivity contribution in [3.8, 4) is 0 Å². The Kier molecular flexibility index (Phi) is 8.58. The topological polar surface area (TPSA) is 105 Å². The van der Waals surface area contributed by atoms with Crippen molar-refractivity contribution in [2.24, 2.45) is 0 Å². The summed E-state index contributed by atoms with van der Waals surface area (Å²) in [6.07, 6.45) is 1.31. The Labute approximate surface area is 183 Å². The monoisotopic (exact) mass is 447 g/mol. The molecule has 0 aromatic heterocycles. The normalized spacial score (nSPS) is 12.1. The highest BCUT2D eigenvalue weighted by molar-refractivity contribution is 7.92. The smallest absolute Gasteiger partial charge is 0.253 e. The van der Waals surface area contributed by atoms with E-state index in [1.807, 2.05) is 6.92 Å². The molecule has 2 aromatic rings. The first kappa shape index (κ1) is 24.4. The molecule has 31 heavy (non-hydrogen) atoms. The van der Waals surface area contributed by atoms with Crippen molar-refractivity contribution in [2.45, 2.75) is 26.3 Å². The van der Waals surface area contributed by atoms with Crippen LogP contribution >= 0.6 is 0 Å². The van der Waals surface area contributed by atoms with Gasteiger partial charge in [0.25, 0.3) is 5.91 Å². The predicted octanol–water partition coefficient (Wildman–Crippen LogP) is 2.55. The molecule has 0 saturated heterocycles. The van der Waals surface area contributed by atoms with Gasteiger partial charge in [-0.1, -0.05) is 36.8 Å². The van der Waals surface area contributed by atoms with Gasteiger partial charge in [0.1, 0.15) is 6.04 Å². The summed E-state index contributed by atoms with van der Waals surface area (Å²) in [6.45, 7) is 4.32. The first-order chi connectivity index (χ1) is 14.7. The summed E-state index contributed by atoms with van der Waals surface area (Å²) in [7, 11) is -2.21. The van der Waals surface area contributed by atoms with Gasteiger partial charge in [-0.25, -0.2) is 8.42 Å². The maximum absolute atomic E-state index is 13.1. The standard InChI is InChI=1S/C22H29N3O5S/c1-5-20(25(31(4,28)29)17-12-10-16(2)11-13-17)22(27)24-19-9-7-6-8-18(19)21(26)23-14-15-30-3/h6-13,20H,5,14-15H2,1-4H3,(H,23,26)(H,24,27). The van der Waals surface area contributed by atoms with E-state index in [1.54, 1.807) is 55.5 Å². The minimum atomic E-state index is -3.74. The minimum absolute atomic E-state index is 0.245. The van der Waals surface area contributed by atoms with Gasteiger partial charge in [-0.3, -0.25) is 13.9 Å². The van der Waals surface area contributed by atoms with E-state index in [2.05, 4.69) is 10.6 Å². The van der Waals surface area contributed by atoms with Crippen LogP contribution in [0.5, 0.6) is 0 Å². The van der Waals surface area contributed by atoms with Gasteiger partial charge in [0.2, 0.25) is 15.9 Å². The first-order valence-electron chi connectivity index (χ1n) is 9.92. The average molecular weight is 448 g/mol. The van der Waals surface area contributed by atoms with Gasteiger partial charge in [0.15, 0.2) is 0 Å². The fourth-order valence-corrected chi connectivity index (χ4v) is 4.33. The number of sulfonamides is 1. The highest BCUT2D eigenvalue weighted by Crippen LogP contribution is 2.24. The lowest BCUT2D eigenvalue weighted by atomic mass is 10.1. The van der Waals surface area contributed by atoms with Crippen LogP contribution in [0.25, 0.3) is 0 Å². The minimum Gasteiger partial charge on any atom is -0.383 e. The molecule has 0 fully saturated rings. The Morgan fingerprint density at radius 3 is 2.32 bits per heavy atom. The Balaban J connectivity index is 2.32. The van der Waals surface area contributed by atoms with E-state index in [0.717, 1.165) is 16.1 Å². The molecule has 2 amide bonds. The Morgan fingerprint density at radius 2 is 1.74 bits per heavy atom. The van der Waals surface area contributed by atoms with Crippen molar-refractivity contribution < 1.29 is 22.7 Å². The molecule has 0 saturated carbocycles. The molecule has 0 spiro atoms. The number of rotatable bonds is 10. The zero-order valence-electron chi connectivity index (χ0n) is 18.2. The molecule has 1 unspecified atom stereocenters. The SMILES string of the molecule is CCC(C(=O)Nc1ccccc1C(=O)NCCOC)N(c1ccc(C)cc1)S(C)(=O)=O. The second kappa shape index (κ2) is 10.9. The average Bonchev–Trinajstić information content (AvgIpc) is 2.72. The lowest BCUT2D eigenvalue weighted by Crippen LogP contribution is -2.47. The number of benzene rings is 2. The summed E-state index contributed by atoms with van der Waals surface area (Å²) in [6, 6.07) is 12.5. The highest BCUT2D eigenvalue weighted by atomic mass is 32.2. The van der Waals surface area contributed by atoms with E-state index in [0.29, 0.717) is 24.5 Å². The van der Waals surface area contributed by atoms with Gasteiger partial charge in [-0.05, 0) is 37.6 Å². The summed E-state index contributed by atoms with van der Waals surface area (Å²) >= 11 is 0. The number of para-hydroxylation sites is 1. The quantitative estimate of drug-likeness (QED) is 0.545. The molecule has 168 valence electrons. The van der Waals surface area contributed by atoms with Gasteiger partial charge in [-0.2, -0.15) is 0 Å². The Morgan fingerprint density at radius 1 is 1.10 bits per heavy atom. The number of hydrogen-bond donors (Lipinski definition) is 2. The number of carbonyl (C=O) groups excluding carboxylic acids is 2. The number of amides is 2. The molecule has 1 atom stereocenters. The number of aryl methyl sites for hydroxylation is 1. The number of anilines is 2. The highest BCUT2D eigenvalue weighted by Gasteiger charge is 2.32. The summed E-state index contributed by atoms with van der Waals surface area (Å²) < 4.78 is 31.2. The number of methoxy groups -OCH3 is 1. The first-order valence-corrected chi connectivity index (χ1v) is 11.8. The summed E-state index contributed by atoms with van der Waals surface area (Å²) in [5.74, 6) is -0.884. The van der Waals surface area contributed by atoms with Crippen molar-refractivity contribution in [3.05, 3.63) is 59.7 Å². The maximum atomic E-state index is 13.1. The predicted molar refractivity (Wildman–Crippen MR) is 122 cm³/mol. The molecule has 0 aliphatic rings. The van der Waals surface area contributed by atoms with Crippen LogP contribution in [-0.4, -0.2) is 52.8 Å². The van der Waals surface area contributed by atoms with Crippen LogP contribution in [0, 0.1) is 6.92 Å². The largest absolute Gasteiger partial charge is 0.383 e. The van der Waals surface area contributed by atoms with Crippen molar-refractivity contribution >= 4 is 33.2 Å². The molecule has 9 heteroatoms. The van der Waals surface area contributed by atoms with E-state index in [9.17, 15) is 18.0 Å². The molecule has 2 aromatic carbocycles. The molecule has 2 N–H and O–H groups in total. The molecule has 0 aliphatic carbocycles. The third-order valence-corrected chi connectivity index (χ3v) is 5.82. The van der Waals surface area contributed by atoms with E-state index in [-0.39, 0.29) is 17.9 Å². The van der Waals surface area contributed by atoms with Crippen LogP contribution in [0.15, 0.2) is 48.5 Å². The van der Waals surface area contributed by atoms with Crippen molar-refractivity contribution in [3.63, 3.8) is 0 Å². The molecular formula is C22H29N3O5S. The second-order valence-electron chi connectivity index (χ2n) is 7.10. The third-order valence-electron chi connectivity index (χ3n) is 4.64. The molecule has 8 nitrogen and oxygen atoms in total. The lowest BCUT2D eigenvalue weighted by molar-refractivity contribution is -0.117. The molecular weight excluding hydrogens is 418 g/mol. The molecule has 2 rings (SSSR count). The number of nitrogens with zero attached hydrogens (tertiary/aromatic N) is 1. The molecule has 0 heterocycles. The zero-order chi connectivity index (χ0) is 23.0. The van der Waals surface area contributed by atoms with Crippen LogP contribution in [0.4, 0.5) is 11.4 Å². The van der Waals surface area contributed by atoms with E-state index >= 15 is 0 Å². The third kappa shape index (κ3) is 6.53. The number of hydrogen-bond acceptors (Lipinski definition) is 5. The van der Waals surface area contributed by atoms with Gasteiger partial charge >= 0.3 is 0 Å². The maximum Gasteiger partial charge on any atom is 0.253 e. The van der Waals surface area contributed by atoms with Gasteiger partial charge < -0.3 is 15.4 Å². The van der Waals surface area contributed by atoms with Crippen LogP contribution in [0.2, 0.25) is 0 Å². The Hall–Kier alpha value is -2.91. The fourth-order valence-electron chi connectivity index (χ4n) is 3.12. The zero-order valence-corrected chi connectivity index (χ0v) is 19.0. The summed E-state index contributed by atoms with van der Waals surface area (Å²) in [5, 5.41) is 5.44. The van der Waals surface area contributed by atoms with Crippen LogP contribution in [0.1, 0.15) is 29.3 Å². The summed E-state index contributed by atoms with van der Waals surface area (Å²) in [5.41, 5.74) is 1.96. The van der Waals surface area contributed by atoms with Crippen molar-refractivity contribution in [2.75, 3.05) is 36.1 Å². The molecule has 0 radical (unpaired) electrons. The number of ether oxygens (including phenoxy) is 1. The fraction of sp³-hybridized carbons (Fsp3) is 0.364. The van der Waals surface area contributed by atoms with Crippen molar-refractivity contribution in [1.29, 1.82) is 0 Å². The number of carbonyl (C=O) groups is 2.